The Hall–Kier alpha value is -3.46. The van der Waals surface area contributed by atoms with Crippen LogP contribution in [0.5, 0.6) is 0 Å². The number of benzene rings is 1. The van der Waals surface area contributed by atoms with Crippen LogP contribution in [0.1, 0.15) is 45.8 Å². The molecule has 0 spiro atoms. The fourth-order valence-electron chi connectivity index (χ4n) is 3.55. The highest BCUT2D eigenvalue weighted by Crippen LogP contribution is 2.30. The van der Waals surface area contributed by atoms with Crippen LogP contribution >= 0.6 is 0 Å². The number of anilines is 1. The minimum Gasteiger partial charge on any atom is -0.455 e. The summed E-state index contributed by atoms with van der Waals surface area (Å²) < 4.78 is 30.9. The highest BCUT2D eigenvalue weighted by Gasteiger charge is 2.28. The lowest BCUT2D eigenvalue weighted by Crippen LogP contribution is -2.22. The Kier molecular flexibility index (Phi) is 5.60. The van der Waals surface area contributed by atoms with Gasteiger partial charge in [0.2, 0.25) is 0 Å². The van der Waals surface area contributed by atoms with E-state index in [-0.39, 0.29) is 10.7 Å². The number of nitrogens with one attached hydrogen (secondary N) is 2. The first-order valence-corrected chi connectivity index (χ1v) is 11.3. The van der Waals surface area contributed by atoms with Crippen LogP contribution in [-0.4, -0.2) is 25.0 Å². The second-order valence-electron chi connectivity index (χ2n) is 7.30. The number of nitrogens with zero attached hydrogens (tertiary/aromatic N) is 2. The molecule has 0 saturated heterocycles. The normalized spacial score (nSPS) is 14.8. The maximum absolute atomic E-state index is 12.8. The molecule has 0 radical (unpaired) electrons. The van der Waals surface area contributed by atoms with Crippen molar-refractivity contribution in [3.63, 3.8) is 0 Å². The van der Waals surface area contributed by atoms with E-state index >= 15 is 0 Å². The zero-order valence-electron chi connectivity index (χ0n) is 17.2. The van der Waals surface area contributed by atoms with Gasteiger partial charge in [0, 0.05) is 23.7 Å². The quantitative estimate of drug-likeness (QED) is 0.591. The third-order valence-electron chi connectivity index (χ3n) is 5.13. The Bertz CT molecular complexity index is 1260. The van der Waals surface area contributed by atoms with Gasteiger partial charge in [0.25, 0.3) is 15.9 Å². The van der Waals surface area contributed by atoms with Crippen LogP contribution in [0, 0.1) is 13.8 Å². The number of hydrogen-bond acceptors (Lipinski definition) is 6. The van der Waals surface area contributed by atoms with Crippen LogP contribution < -0.4 is 10.1 Å². The summed E-state index contributed by atoms with van der Waals surface area (Å²) in [6, 6.07) is 11.7. The molecule has 160 valence electrons. The number of aryl methyl sites for hydroxylation is 2. The first-order chi connectivity index (χ1) is 14.9. The molecule has 31 heavy (non-hydrogen) atoms. The maximum Gasteiger partial charge on any atom is 0.292 e. The van der Waals surface area contributed by atoms with Gasteiger partial charge in [-0.25, -0.2) is 4.98 Å². The van der Waals surface area contributed by atoms with Crippen molar-refractivity contribution in [2.75, 3.05) is 5.32 Å². The highest BCUT2D eigenvalue weighted by molar-refractivity contribution is 7.89. The van der Waals surface area contributed by atoms with E-state index in [0.29, 0.717) is 41.3 Å². The van der Waals surface area contributed by atoms with Crippen molar-refractivity contribution in [1.29, 1.82) is 0 Å². The van der Waals surface area contributed by atoms with Gasteiger partial charge in [0.1, 0.15) is 11.6 Å². The number of rotatable bonds is 5. The molecule has 1 aliphatic rings. The minimum atomic E-state index is -3.79. The molecule has 2 N–H and O–H groups in total. The zero-order chi connectivity index (χ0) is 22.0. The number of pyridine rings is 1. The van der Waals surface area contributed by atoms with Crippen molar-refractivity contribution in [3.8, 4) is 0 Å². The summed E-state index contributed by atoms with van der Waals surface area (Å²) in [6.45, 7) is 3.63. The monoisotopic (exact) mass is 438 g/mol. The smallest absolute Gasteiger partial charge is 0.292 e. The van der Waals surface area contributed by atoms with Crippen molar-refractivity contribution in [1.82, 2.24) is 9.82 Å². The van der Waals surface area contributed by atoms with E-state index in [1.807, 2.05) is 13.0 Å². The summed E-state index contributed by atoms with van der Waals surface area (Å²) >= 11 is 0. The minimum absolute atomic E-state index is 0.130. The fourth-order valence-corrected chi connectivity index (χ4v) is 4.40. The number of sulfonamides is 1. The number of hydrogen-bond donors (Lipinski definition) is 2. The fraction of sp³-hybridized carbons (Fsp3) is 0.227. The van der Waals surface area contributed by atoms with Crippen molar-refractivity contribution < 1.29 is 17.6 Å². The highest BCUT2D eigenvalue weighted by atomic mass is 32.2. The summed E-state index contributed by atoms with van der Waals surface area (Å²) in [5.74, 6) is 0.864. The van der Waals surface area contributed by atoms with Crippen molar-refractivity contribution in [2.45, 2.75) is 38.0 Å². The lowest BCUT2D eigenvalue weighted by Gasteiger charge is -2.14. The molecule has 0 unspecified atom stereocenters. The summed E-state index contributed by atoms with van der Waals surface area (Å²) in [5.41, 5.74) is 2.70. The van der Waals surface area contributed by atoms with Gasteiger partial charge in [-0.15, -0.1) is 0 Å². The number of carbonyl (C=O) groups is 1. The van der Waals surface area contributed by atoms with Gasteiger partial charge in [-0.1, -0.05) is 24.3 Å². The van der Waals surface area contributed by atoms with E-state index in [0.717, 1.165) is 12.0 Å². The van der Waals surface area contributed by atoms with Crippen molar-refractivity contribution >= 4 is 27.5 Å². The molecule has 0 saturated carbocycles. The van der Waals surface area contributed by atoms with Crippen molar-refractivity contribution in [2.24, 2.45) is 5.10 Å². The molecule has 8 nitrogen and oxygen atoms in total. The van der Waals surface area contributed by atoms with E-state index in [4.69, 9.17) is 4.42 Å². The largest absolute Gasteiger partial charge is 0.455 e. The standard InChI is InChI=1S/C22H22N4O4S/c1-14-8-7-13-23-21(14)24-22(27)20-15(2)19-17(11-6-12-18(19)30-20)25-26-31(28,29)16-9-4-3-5-10-16/h3-5,7-10,13,26H,6,11-12H2,1-2H3,(H,23,24,27)/b25-17+. The second kappa shape index (κ2) is 8.35. The Morgan fingerprint density at radius 2 is 1.87 bits per heavy atom. The van der Waals surface area contributed by atoms with Gasteiger partial charge in [-0.05, 0) is 50.5 Å². The number of carbonyl (C=O) groups excluding carboxylic acids is 1. The van der Waals surface area contributed by atoms with Gasteiger partial charge in [-0.3, -0.25) is 4.79 Å². The average Bonchev–Trinajstić information content (AvgIpc) is 3.12. The number of aromatic nitrogens is 1. The molecule has 2 heterocycles. The van der Waals surface area contributed by atoms with Crippen LogP contribution in [0.3, 0.4) is 0 Å². The molecule has 0 bridgehead atoms. The van der Waals surface area contributed by atoms with Gasteiger partial charge in [-0.2, -0.15) is 18.4 Å². The van der Waals surface area contributed by atoms with Crippen LogP contribution in [0.25, 0.3) is 0 Å². The lowest BCUT2D eigenvalue weighted by atomic mass is 9.93. The molecule has 0 atom stereocenters. The van der Waals surface area contributed by atoms with Gasteiger partial charge in [0.05, 0.1) is 10.6 Å². The van der Waals surface area contributed by atoms with E-state index in [2.05, 4.69) is 20.2 Å². The summed E-state index contributed by atoms with van der Waals surface area (Å²) in [7, 11) is -3.79. The SMILES string of the molecule is Cc1cccnc1NC(=O)c1oc2c(c1C)/C(=N/NS(=O)(=O)c1ccccc1)CCC2. The van der Waals surface area contributed by atoms with E-state index in [9.17, 15) is 13.2 Å². The van der Waals surface area contributed by atoms with Gasteiger partial charge >= 0.3 is 0 Å². The van der Waals surface area contributed by atoms with Crippen LogP contribution in [0.2, 0.25) is 0 Å². The van der Waals surface area contributed by atoms with E-state index in [1.165, 1.54) is 12.1 Å². The first kappa shape index (κ1) is 20.8. The predicted molar refractivity (Wildman–Crippen MR) is 117 cm³/mol. The molecule has 1 aromatic carbocycles. The molecule has 1 aliphatic carbocycles. The molecular weight excluding hydrogens is 416 g/mol. The number of amides is 1. The Labute approximate surface area is 180 Å². The Morgan fingerprint density at radius 1 is 1.10 bits per heavy atom. The predicted octanol–water partition coefficient (Wildman–Crippen LogP) is 3.56. The Morgan fingerprint density at radius 3 is 2.61 bits per heavy atom. The van der Waals surface area contributed by atoms with Crippen LogP contribution in [-0.2, 0) is 16.4 Å². The third-order valence-corrected chi connectivity index (χ3v) is 6.35. The Balaban J connectivity index is 1.62. The van der Waals surface area contributed by atoms with Crippen LogP contribution in [0.4, 0.5) is 5.82 Å². The molecule has 1 amide bonds. The van der Waals surface area contributed by atoms with E-state index < -0.39 is 15.9 Å². The van der Waals surface area contributed by atoms with Gasteiger partial charge in [0.15, 0.2) is 5.76 Å². The zero-order valence-corrected chi connectivity index (χ0v) is 18.0. The lowest BCUT2D eigenvalue weighted by molar-refractivity contribution is 0.0993. The van der Waals surface area contributed by atoms with Crippen LogP contribution in [0.15, 0.2) is 63.1 Å². The van der Waals surface area contributed by atoms with E-state index in [1.54, 1.807) is 37.4 Å². The van der Waals surface area contributed by atoms with Gasteiger partial charge < -0.3 is 9.73 Å². The molecule has 2 aromatic heterocycles. The number of fused-ring (bicyclic) bond motifs is 1. The molecule has 0 aliphatic heterocycles. The molecule has 0 fully saturated rings. The second-order valence-corrected chi connectivity index (χ2v) is 8.96. The number of hydrazone groups is 1. The summed E-state index contributed by atoms with van der Waals surface area (Å²) in [5, 5.41) is 6.95. The molecule has 4 rings (SSSR count). The summed E-state index contributed by atoms with van der Waals surface area (Å²) in [4.78, 5) is 19.4. The number of furan rings is 1. The average molecular weight is 439 g/mol. The topological polar surface area (TPSA) is 114 Å². The third kappa shape index (κ3) is 4.22. The molecule has 3 aromatic rings. The van der Waals surface area contributed by atoms with Crippen molar-refractivity contribution in [3.05, 3.63) is 76.9 Å². The first-order valence-electron chi connectivity index (χ1n) is 9.86. The summed E-state index contributed by atoms with van der Waals surface area (Å²) in [6.07, 6.45) is 3.57. The maximum atomic E-state index is 12.8. The molecular formula is C22H22N4O4S. The molecule has 9 heteroatoms.